The molecule has 0 spiro atoms. The number of carbonyl (C=O) groups is 2. The molecule has 0 bridgehead atoms. The Bertz CT molecular complexity index is 707. The van der Waals surface area contributed by atoms with Gasteiger partial charge in [0.05, 0.1) is 17.0 Å². The standard InChI is InChI=1S/C17H17NO3S/c1-11(19)16-8-13(10-22-16)17(20)18-9-14-7-6-12-4-2-3-5-15(12)21-14/h2-5,8,10,14H,6-7,9H2,1H3,(H,18,20). The maximum Gasteiger partial charge on any atom is 0.252 e. The van der Waals surface area contributed by atoms with Gasteiger partial charge in [-0.25, -0.2) is 0 Å². The second-order valence-electron chi connectivity index (χ2n) is 5.35. The number of benzene rings is 1. The molecule has 0 aliphatic carbocycles. The molecule has 114 valence electrons. The summed E-state index contributed by atoms with van der Waals surface area (Å²) in [7, 11) is 0. The molecule has 2 aromatic rings. The zero-order valence-electron chi connectivity index (χ0n) is 12.3. The van der Waals surface area contributed by atoms with Gasteiger partial charge in [0.1, 0.15) is 11.9 Å². The predicted molar refractivity (Wildman–Crippen MR) is 85.8 cm³/mol. The maximum atomic E-state index is 12.1. The molecule has 1 aliphatic rings. The van der Waals surface area contributed by atoms with Crippen LogP contribution >= 0.6 is 11.3 Å². The van der Waals surface area contributed by atoms with Crippen LogP contribution in [0, 0.1) is 0 Å². The van der Waals surface area contributed by atoms with E-state index in [0.717, 1.165) is 18.6 Å². The Morgan fingerprint density at radius 1 is 1.36 bits per heavy atom. The Kier molecular flexibility index (Phi) is 4.24. The van der Waals surface area contributed by atoms with Gasteiger partial charge in [-0.1, -0.05) is 18.2 Å². The lowest BCUT2D eigenvalue weighted by atomic mass is 10.0. The van der Waals surface area contributed by atoms with Crippen molar-refractivity contribution in [1.82, 2.24) is 5.32 Å². The highest BCUT2D eigenvalue weighted by Crippen LogP contribution is 2.26. The lowest BCUT2D eigenvalue weighted by molar-refractivity contribution is 0.0918. The average Bonchev–Trinajstić information content (AvgIpc) is 3.03. The summed E-state index contributed by atoms with van der Waals surface area (Å²) >= 11 is 1.30. The van der Waals surface area contributed by atoms with Crippen LogP contribution in [0.25, 0.3) is 0 Å². The minimum Gasteiger partial charge on any atom is -0.488 e. The Labute approximate surface area is 133 Å². The second kappa shape index (κ2) is 6.32. The predicted octanol–water partition coefficient (Wildman–Crippen LogP) is 3.07. The molecule has 0 saturated heterocycles. The summed E-state index contributed by atoms with van der Waals surface area (Å²) in [5, 5.41) is 4.59. The molecule has 0 fully saturated rings. The smallest absolute Gasteiger partial charge is 0.252 e. The van der Waals surface area contributed by atoms with Crippen LogP contribution in [-0.4, -0.2) is 24.3 Å². The summed E-state index contributed by atoms with van der Waals surface area (Å²) in [6.07, 6.45) is 1.84. The molecule has 4 nitrogen and oxygen atoms in total. The van der Waals surface area contributed by atoms with E-state index in [1.807, 2.05) is 18.2 Å². The maximum absolute atomic E-state index is 12.1. The van der Waals surface area contributed by atoms with E-state index in [0.29, 0.717) is 17.0 Å². The van der Waals surface area contributed by atoms with E-state index >= 15 is 0 Å². The minimum atomic E-state index is -0.161. The first-order chi connectivity index (χ1) is 10.6. The first-order valence-electron chi connectivity index (χ1n) is 7.25. The van der Waals surface area contributed by atoms with Gasteiger partial charge in [0, 0.05) is 5.38 Å². The lowest BCUT2D eigenvalue weighted by Gasteiger charge is -2.26. The molecule has 3 rings (SSSR count). The van der Waals surface area contributed by atoms with Gasteiger partial charge in [0.15, 0.2) is 5.78 Å². The number of carbonyl (C=O) groups excluding carboxylic acids is 2. The fourth-order valence-electron chi connectivity index (χ4n) is 2.47. The van der Waals surface area contributed by atoms with Crippen LogP contribution in [0.15, 0.2) is 35.7 Å². The van der Waals surface area contributed by atoms with Gasteiger partial charge in [-0.2, -0.15) is 0 Å². The number of hydrogen-bond acceptors (Lipinski definition) is 4. The molecule has 2 heterocycles. The van der Waals surface area contributed by atoms with E-state index in [-0.39, 0.29) is 17.8 Å². The molecule has 1 aromatic carbocycles. The van der Waals surface area contributed by atoms with Crippen LogP contribution < -0.4 is 10.1 Å². The van der Waals surface area contributed by atoms with E-state index in [1.54, 1.807) is 11.4 Å². The highest BCUT2D eigenvalue weighted by Gasteiger charge is 2.20. The van der Waals surface area contributed by atoms with Gasteiger partial charge in [-0.3, -0.25) is 9.59 Å². The van der Waals surface area contributed by atoms with Crippen molar-refractivity contribution < 1.29 is 14.3 Å². The molecule has 1 atom stereocenters. The number of fused-ring (bicyclic) bond motifs is 1. The third-order valence-corrected chi connectivity index (χ3v) is 4.73. The van der Waals surface area contributed by atoms with Crippen LogP contribution in [0.2, 0.25) is 0 Å². The summed E-state index contributed by atoms with van der Waals surface area (Å²) in [6, 6.07) is 9.63. The molecule has 22 heavy (non-hydrogen) atoms. The molecular weight excluding hydrogens is 298 g/mol. The Morgan fingerprint density at radius 2 is 2.18 bits per heavy atom. The van der Waals surface area contributed by atoms with Crippen LogP contribution in [0.1, 0.15) is 38.9 Å². The van der Waals surface area contributed by atoms with E-state index in [9.17, 15) is 9.59 Å². The van der Waals surface area contributed by atoms with Crippen molar-refractivity contribution in [1.29, 1.82) is 0 Å². The Balaban J connectivity index is 1.56. The van der Waals surface area contributed by atoms with Gasteiger partial charge in [-0.15, -0.1) is 11.3 Å². The lowest BCUT2D eigenvalue weighted by Crippen LogP contribution is -2.37. The molecule has 1 amide bonds. The van der Waals surface area contributed by atoms with Crippen LogP contribution in [0.4, 0.5) is 0 Å². The van der Waals surface area contributed by atoms with Crippen molar-refractivity contribution in [2.45, 2.75) is 25.9 Å². The summed E-state index contributed by atoms with van der Waals surface area (Å²) in [6.45, 7) is 1.97. The van der Waals surface area contributed by atoms with Gasteiger partial charge in [0.25, 0.3) is 5.91 Å². The Morgan fingerprint density at radius 3 is 2.95 bits per heavy atom. The highest BCUT2D eigenvalue weighted by atomic mass is 32.1. The number of rotatable bonds is 4. The zero-order valence-corrected chi connectivity index (χ0v) is 13.1. The molecular formula is C17H17NO3S. The number of thiophene rings is 1. The average molecular weight is 315 g/mol. The monoisotopic (exact) mass is 315 g/mol. The molecule has 0 saturated carbocycles. The van der Waals surface area contributed by atoms with Crippen molar-refractivity contribution in [3.63, 3.8) is 0 Å². The fraction of sp³-hybridized carbons (Fsp3) is 0.294. The minimum absolute atomic E-state index is 0.00948. The number of ketones is 1. The second-order valence-corrected chi connectivity index (χ2v) is 6.26. The SMILES string of the molecule is CC(=O)c1cc(C(=O)NCC2CCc3ccccc3O2)cs1. The number of hydrogen-bond donors (Lipinski definition) is 1. The van der Waals surface area contributed by atoms with Crippen LogP contribution in [-0.2, 0) is 6.42 Å². The fourth-order valence-corrected chi connectivity index (χ4v) is 3.26. The molecule has 1 aromatic heterocycles. The van der Waals surface area contributed by atoms with Crippen LogP contribution in [0.3, 0.4) is 0 Å². The van der Waals surface area contributed by atoms with E-state index in [4.69, 9.17) is 4.74 Å². The molecule has 0 radical (unpaired) electrons. The summed E-state index contributed by atoms with van der Waals surface area (Å²) in [5.41, 5.74) is 1.75. The number of ether oxygens (including phenoxy) is 1. The molecule has 1 aliphatic heterocycles. The third-order valence-electron chi connectivity index (χ3n) is 3.70. The molecule has 1 N–H and O–H groups in total. The first kappa shape index (κ1) is 14.8. The number of aryl methyl sites for hydroxylation is 1. The third kappa shape index (κ3) is 3.20. The van der Waals surface area contributed by atoms with Crippen molar-refractivity contribution in [3.05, 3.63) is 51.7 Å². The normalized spacial score (nSPS) is 16.5. The van der Waals surface area contributed by atoms with Crippen molar-refractivity contribution in [2.24, 2.45) is 0 Å². The summed E-state index contributed by atoms with van der Waals surface area (Å²) < 4.78 is 5.90. The van der Waals surface area contributed by atoms with Gasteiger partial charge < -0.3 is 10.1 Å². The van der Waals surface area contributed by atoms with Crippen LogP contribution in [0.5, 0.6) is 5.75 Å². The summed E-state index contributed by atoms with van der Waals surface area (Å²) in [5.74, 6) is 0.727. The number of para-hydroxylation sites is 1. The van der Waals surface area contributed by atoms with Crippen molar-refractivity contribution >= 4 is 23.0 Å². The van der Waals surface area contributed by atoms with E-state index < -0.39 is 0 Å². The van der Waals surface area contributed by atoms with E-state index in [1.165, 1.54) is 23.8 Å². The zero-order chi connectivity index (χ0) is 15.5. The topological polar surface area (TPSA) is 55.4 Å². The number of amides is 1. The van der Waals surface area contributed by atoms with Crippen molar-refractivity contribution in [2.75, 3.05) is 6.54 Å². The van der Waals surface area contributed by atoms with Crippen molar-refractivity contribution in [3.8, 4) is 5.75 Å². The molecule has 1 unspecified atom stereocenters. The van der Waals surface area contributed by atoms with E-state index in [2.05, 4.69) is 11.4 Å². The summed E-state index contributed by atoms with van der Waals surface area (Å²) in [4.78, 5) is 24.0. The largest absolute Gasteiger partial charge is 0.488 e. The van der Waals surface area contributed by atoms with Gasteiger partial charge in [-0.05, 0) is 37.5 Å². The first-order valence-corrected chi connectivity index (χ1v) is 8.13. The highest BCUT2D eigenvalue weighted by molar-refractivity contribution is 7.12. The number of nitrogens with one attached hydrogen (secondary N) is 1. The van der Waals surface area contributed by atoms with Gasteiger partial charge >= 0.3 is 0 Å². The van der Waals surface area contributed by atoms with Gasteiger partial charge in [0.2, 0.25) is 0 Å². The Hall–Kier alpha value is -2.14. The molecule has 5 heteroatoms. The number of Topliss-reactive ketones (excluding diaryl/α,β-unsaturated/α-hetero) is 1. The quantitative estimate of drug-likeness (QED) is 0.882.